The first-order chi connectivity index (χ1) is 25.8. The topological polar surface area (TPSA) is 61.4 Å². The molecular formula is C46H32N6. The van der Waals surface area contributed by atoms with E-state index in [1.807, 2.05) is 49.6 Å². The van der Waals surface area contributed by atoms with Crippen molar-refractivity contribution in [3.05, 3.63) is 193 Å². The van der Waals surface area contributed by atoms with E-state index in [1.165, 1.54) is 33.4 Å². The fourth-order valence-corrected chi connectivity index (χ4v) is 7.60. The first-order valence-electron chi connectivity index (χ1n) is 17.5. The molecule has 6 heterocycles. The van der Waals surface area contributed by atoms with E-state index < -0.39 is 0 Å². The van der Waals surface area contributed by atoms with E-state index in [4.69, 9.17) is 0 Å². The zero-order valence-corrected chi connectivity index (χ0v) is 28.3. The number of hydrogen-bond acceptors (Lipinski definition) is 4. The summed E-state index contributed by atoms with van der Waals surface area (Å²) in [6.07, 6.45) is 16.9. The summed E-state index contributed by atoms with van der Waals surface area (Å²) in [6, 6.07) is 44.0. The maximum atomic E-state index is 4.35. The van der Waals surface area contributed by atoms with Crippen molar-refractivity contribution in [2.75, 3.05) is 0 Å². The van der Waals surface area contributed by atoms with Crippen LogP contribution in [-0.4, -0.2) is 29.1 Å². The SMILES string of the molecule is c1cc2c(cn1)c1cnccc1n2-c1ccc(Cc2ccc(-c3ccc(Cc4ccc(-n5c6ccncc6c6cnccc65)cc4)cc3)cc2)cc1. The molecule has 6 nitrogen and oxygen atoms in total. The van der Waals surface area contributed by atoms with E-state index in [1.54, 1.807) is 0 Å². The summed E-state index contributed by atoms with van der Waals surface area (Å²) in [5.74, 6) is 0. The van der Waals surface area contributed by atoms with Gasteiger partial charge in [0.25, 0.3) is 0 Å². The van der Waals surface area contributed by atoms with Gasteiger partial charge in [-0.15, -0.1) is 0 Å². The Balaban J connectivity index is 0.822. The lowest BCUT2D eigenvalue weighted by molar-refractivity contribution is 1.14. The first-order valence-corrected chi connectivity index (χ1v) is 17.5. The second kappa shape index (κ2) is 12.4. The van der Waals surface area contributed by atoms with Gasteiger partial charge in [0, 0.05) is 82.5 Å². The number of hydrogen-bond donors (Lipinski definition) is 0. The van der Waals surface area contributed by atoms with Crippen molar-refractivity contribution in [3.63, 3.8) is 0 Å². The summed E-state index contributed by atoms with van der Waals surface area (Å²) in [5.41, 5.74) is 14.4. The van der Waals surface area contributed by atoms with Crippen molar-refractivity contribution >= 4 is 43.6 Å². The molecule has 10 rings (SSSR count). The van der Waals surface area contributed by atoms with Gasteiger partial charge in [0.15, 0.2) is 0 Å². The molecule has 4 aromatic carbocycles. The van der Waals surface area contributed by atoms with Gasteiger partial charge >= 0.3 is 0 Å². The lowest BCUT2D eigenvalue weighted by atomic mass is 9.98. The number of benzene rings is 4. The molecule has 0 radical (unpaired) electrons. The number of pyridine rings is 4. The van der Waals surface area contributed by atoms with Crippen molar-refractivity contribution < 1.29 is 0 Å². The molecule has 0 N–H and O–H groups in total. The van der Waals surface area contributed by atoms with Crippen LogP contribution in [0.3, 0.4) is 0 Å². The van der Waals surface area contributed by atoms with E-state index in [2.05, 4.69) is 150 Å². The molecule has 0 fully saturated rings. The maximum Gasteiger partial charge on any atom is 0.0572 e. The van der Waals surface area contributed by atoms with Crippen LogP contribution in [-0.2, 0) is 12.8 Å². The Labute approximate surface area is 300 Å². The Kier molecular flexibility index (Phi) is 7.17. The van der Waals surface area contributed by atoms with Gasteiger partial charge in [-0.3, -0.25) is 19.9 Å². The zero-order chi connectivity index (χ0) is 34.4. The number of rotatable bonds is 7. The predicted molar refractivity (Wildman–Crippen MR) is 210 cm³/mol. The van der Waals surface area contributed by atoms with Crippen molar-refractivity contribution in [2.45, 2.75) is 12.8 Å². The fraction of sp³-hybridized carbons (Fsp3) is 0.0435. The van der Waals surface area contributed by atoms with Gasteiger partial charge in [-0.05, 0) is 94.8 Å². The highest BCUT2D eigenvalue weighted by molar-refractivity contribution is 6.09. The lowest BCUT2D eigenvalue weighted by Gasteiger charge is -2.10. The zero-order valence-electron chi connectivity index (χ0n) is 28.3. The van der Waals surface area contributed by atoms with Crippen LogP contribution in [0, 0.1) is 0 Å². The molecule has 0 saturated carbocycles. The molecule has 0 atom stereocenters. The van der Waals surface area contributed by atoms with Crippen molar-refractivity contribution in [1.29, 1.82) is 0 Å². The van der Waals surface area contributed by atoms with Gasteiger partial charge in [0.1, 0.15) is 0 Å². The van der Waals surface area contributed by atoms with Crippen molar-refractivity contribution in [3.8, 4) is 22.5 Å². The quantitative estimate of drug-likeness (QED) is 0.170. The highest BCUT2D eigenvalue weighted by atomic mass is 15.0. The molecule has 6 aromatic heterocycles. The molecule has 0 amide bonds. The Morgan fingerprint density at radius 1 is 0.308 bits per heavy atom. The molecule has 0 aliphatic carbocycles. The molecule has 0 unspecified atom stereocenters. The number of nitrogens with zero attached hydrogens (tertiary/aromatic N) is 6. The van der Waals surface area contributed by atoms with Crippen LogP contribution in [0.5, 0.6) is 0 Å². The normalized spacial score (nSPS) is 11.6. The molecule has 0 bridgehead atoms. The Morgan fingerprint density at radius 3 is 0.865 bits per heavy atom. The third-order valence-corrected chi connectivity index (χ3v) is 10.2. The van der Waals surface area contributed by atoms with Crippen LogP contribution in [0.2, 0.25) is 0 Å². The predicted octanol–water partition coefficient (Wildman–Crippen LogP) is 10.3. The Morgan fingerprint density at radius 2 is 0.577 bits per heavy atom. The minimum atomic E-state index is 0.879. The summed E-state index contributed by atoms with van der Waals surface area (Å²) in [6.45, 7) is 0. The maximum absolute atomic E-state index is 4.35. The third kappa shape index (κ3) is 5.20. The third-order valence-electron chi connectivity index (χ3n) is 10.2. The standard InChI is InChI=1S/C46H32N6/c1-9-35(10-2-31(1)25-33-5-13-37(14-6-33)51-43-17-21-47-27-39(43)40-28-48-22-18-44(40)51)36-11-3-32(4-12-36)26-34-7-15-38(16-8-34)52-45-19-23-49-29-41(45)42-30-50-24-20-46(42)52/h1-24,27-30H,25-26H2. The van der Waals surface area contributed by atoms with E-state index in [-0.39, 0.29) is 0 Å². The van der Waals surface area contributed by atoms with E-state index in [9.17, 15) is 0 Å². The van der Waals surface area contributed by atoms with Crippen LogP contribution in [0.1, 0.15) is 22.3 Å². The van der Waals surface area contributed by atoms with Crippen LogP contribution in [0.25, 0.3) is 66.1 Å². The summed E-state index contributed by atoms with van der Waals surface area (Å²) in [7, 11) is 0. The van der Waals surface area contributed by atoms with Gasteiger partial charge in [-0.2, -0.15) is 0 Å². The van der Waals surface area contributed by atoms with Crippen LogP contribution in [0.15, 0.2) is 171 Å². The Bertz CT molecular complexity index is 2560. The van der Waals surface area contributed by atoms with Gasteiger partial charge in [0.05, 0.1) is 22.1 Å². The molecule has 52 heavy (non-hydrogen) atoms. The smallest absolute Gasteiger partial charge is 0.0572 e. The summed E-state index contributed by atoms with van der Waals surface area (Å²) in [4.78, 5) is 17.4. The molecule has 0 saturated heterocycles. The van der Waals surface area contributed by atoms with Gasteiger partial charge in [-0.25, -0.2) is 0 Å². The monoisotopic (exact) mass is 668 g/mol. The van der Waals surface area contributed by atoms with Gasteiger partial charge in [0.2, 0.25) is 0 Å². The van der Waals surface area contributed by atoms with Crippen LogP contribution < -0.4 is 0 Å². The molecule has 0 aliphatic heterocycles. The molecule has 6 heteroatoms. The highest BCUT2D eigenvalue weighted by Crippen LogP contribution is 2.32. The minimum Gasteiger partial charge on any atom is -0.309 e. The summed E-state index contributed by atoms with van der Waals surface area (Å²) < 4.78 is 4.58. The average Bonchev–Trinajstić information content (AvgIpc) is 3.73. The van der Waals surface area contributed by atoms with Gasteiger partial charge < -0.3 is 9.13 Å². The summed E-state index contributed by atoms with van der Waals surface area (Å²) in [5, 5.41) is 4.46. The first kappa shape index (κ1) is 29.9. The summed E-state index contributed by atoms with van der Waals surface area (Å²) >= 11 is 0. The van der Waals surface area contributed by atoms with Crippen molar-refractivity contribution in [2.24, 2.45) is 0 Å². The van der Waals surface area contributed by atoms with Crippen LogP contribution in [0.4, 0.5) is 0 Å². The molecule has 10 aromatic rings. The van der Waals surface area contributed by atoms with Crippen LogP contribution >= 0.6 is 0 Å². The Hall–Kier alpha value is -6.92. The second-order valence-electron chi connectivity index (χ2n) is 13.3. The van der Waals surface area contributed by atoms with E-state index in [0.29, 0.717) is 0 Å². The lowest BCUT2D eigenvalue weighted by Crippen LogP contribution is -1.95. The number of aromatic nitrogens is 6. The molecule has 0 aliphatic rings. The minimum absolute atomic E-state index is 0.879. The fourth-order valence-electron chi connectivity index (χ4n) is 7.60. The van der Waals surface area contributed by atoms with Gasteiger partial charge in [-0.1, -0.05) is 72.8 Å². The number of fused-ring (bicyclic) bond motifs is 6. The molecule has 246 valence electrons. The van der Waals surface area contributed by atoms with E-state index >= 15 is 0 Å². The molecular weight excluding hydrogens is 637 g/mol. The van der Waals surface area contributed by atoms with E-state index in [0.717, 1.165) is 67.8 Å². The largest absolute Gasteiger partial charge is 0.309 e. The molecule has 0 spiro atoms. The van der Waals surface area contributed by atoms with Crippen molar-refractivity contribution in [1.82, 2.24) is 29.1 Å². The highest BCUT2D eigenvalue weighted by Gasteiger charge is 2.14. The second-order valence-corrected chi connectivity index (χ2v) is 13.3. The average molecular weight is 669 g/mol.